The Labute approximate surface area is 81.7 Å². The predicted octanol–water partition coefficient (Wildman–Crippen LogP) is 1.97. The molecular weight excluding hydrogens is 185 g/mol. The maximum Gasteiger partial charge on any atom is 0.338 e. The number of ether oxygens (including phenoxy) is 1. The van der Waals surface area contributed by atoms with Crippen LogP contribution in [0.4, 0.5) is 10.1 Å². The molecule has 1 rings (SSSR count). The van der Waals surface area contributed by atoms with Crippen LogP contribution < -0.4 is 5.73 Å². The lowest BCUT2D eigenvalue weighted by atomic mass is 10.2. The van der Waals surface area contributed by atoms with Gasteiger partial charge in [0.2, 0.25) is 0 Å². The fourth-order valence-electron chi connectivity index (χ4n) is 0.949. The monoisotopic (exact) mass is 197 g/mol. The van der Waals surface area contributed by atoms with Gasteiger partial charge in [-0.2, -0.15) is 0 Å². The van der Waals surface area contributed by atoms with E-state index in [4.69, 9.17) is 10.5 Å². The molecule has 2 N–H and O–H groups in total. The molecular formula is C10H12FNO2. The van der Waals surface area contributed by atoms with E-state index < -0.39 is 11.8 Å². The summed E-state index contributed by atoms with van der Waals surface area (Å²) >= 11 is 0. The van der Waals surface area contributed by atoms with E-state index in [2.05, 4.69) is 0 Å². The van der Waals surface area contributed by atoms with Gasteiger partial charge in [0.15, 0.2) is 0 Å². The van der Waals surface area contributed by atoms with Gasteiger partial charge in [-0.15, -0.1) is 0 Å². The van der Waals surface area contributed by atoms with Crippen LogP contribution in [0.3, 0.4) is 0 Å². The fourth-order valence-corrected chi connectivity index (χ4v) is 0.949. The average Bonchev–Trinajstić information content (AvgIpc) is 2.18. The van der Waals surface area contributed by atoms with Crippen molar-refractivity contribution < 1.29 is 13.9 Å². The van der Waals surface area contributed by atoms with Crippen LogP contribution >= 0.6 is 0 Å². The second-order valence-corrected chi connectivity index (χ2v) is 2.87. The summed E-state index contributed by atoms with van der Waals surface area (Å²) in [6.07, 6.45) is 0.752. The minimum Gasteiger partial charge on any atom is -0.462 e. The number of anilines is 1. The summed E-state index contributed by atoms with van der Waals surface area (Å²) in [6.45, 7) is 2.25. The topological polar surface area (TPSA) is 52.3 Å². The van der Waals surface area contributed by atoms with Crippen LogP contribution in [0.5, 0.6) is 0 Å². The first-order chi connectivity index (χ1) is 6.65. The van der Waals surface area contributed by atoms with Crippen LogP contribution in [-0.2, 0) is 4.74 Å². The fraction of sp³-hybridized carbons (Fsp3) is 0.300. The van der Waals surface area contributed by atoms with Crippen molar-refractivity contribution in [1.29, 1.82) is 0 Å². The standard InChI is InChI=1S/C10H12FNO2/c1-2-5-14-10(13)7-3-4-8(11)9(12)6-7/h3-4,6H,2,5,12H2,1H3. The molecule has 0 aliphatic carbocycles. The Balaban J connectivity index is 2.76. The third kappa shape index (κ3) is 2.45. The van der Waals surface area contributed by atoms with Crippen LogP contribution in [0.15, 0.2) is 18.2 Å². The predicted molar refractivity (Wildman–Crippen MR) is 51.4 cm³/mol. The lowest BCUT2D eigenvalue weighted by molar-refractivity contribution is 0.0505. The summed E-state index contributed by atoms with van der Waals surface area (Å²) in [5.74, 6) is -1.00. The lowest BCUT2D eigenvalue weighted by Crippen LogP contribution is -2.06. The number of rotatable bonds is 3. The molecule has 0 heterocycles. The van der Waals surface area contributed by atoms with Crippen molar-refractivity contribution in [1.82, 2.24) is 0 Å². The minimum absolute atomic E-state index is 0.0454. The number of carbonyl (C=O) groups excluding carboxylic acids is 1. The number of hydrogen-bond donors (Lipinski definition) is 1. The molecule has 0 aliphatic rings. The van der Waals surface area contributed by atoms with Crippen molar-refractivity contribution in [3.05, 3.63) is 29.6 Å². The zero-order valence-electron chi connectivity index (χ0n) is 7.92. The van der Waals surface area contributed by atoms with E-state index in [9.17, 15) is 9.18 Å². The number of halogens is 1. The second-order valence-electron chi connectivity index (χ2n) is 2.87. The van der Waals surface area contributed by atoms with Crippen LogP contribution in [0.1, 0.15) is 23.7 Å². The molecule has 0 saturated carbocycles. The zero-order valence-corrected chi connectivity index (χ0v) is 7.92. The Morgan fingerprint density at radius 3 is 2.86 bits per heavy atom. The van der Waals surface area contributed by atoms with Gasteiger partial charge in [0, 0.05) is 0 Å². The highest BCUT2D eigenvalue weighted by atomic mass is 19.1. The highest BCUT2D eigenvalue weighted by Gasteiger charge is 2.08. The summed E-state index contributed by atoms with van der Waals surface area (Å²) in [7, 11) is 0. The molecule has 0 bridgehead atoms. The van der Waals surface area contributed by atoms with E-state index in [1.165, 1.54) is 12.1 Å². The molecule has 1 aromatic carbocycles. The molecule has 0 saturated heterocycles. The summed E-state index contributed by atoms with van der Waals surface area (Å²) < 4.78 is 17.6. The zero-order chi connectivity index (χ0) is 10.6. The van der Waals surface area contributed by atoms with Gasteiger partial charge < -0.3 is 10.5 Å². The minimum atomic E-state index is -0.531. The molecule has 76 valence electrons. The van der Waals surface area contributed by atoms with Crippen molar-refractivity contribution >= 4 is 11.7 Å². The maximum absolute atomic E-state index is 12.7. The number of nitrogens with two attached hydrogens (primary N) is 1. The Bertz CT molecular complexity index is 339. The molecule has 0 amide bonds. The lowest BCUT2D eigenvalue weighted by Gasteiger charge is -2.03. The normalized spacial score (nSPS) is 9.86. The highest BCUT2D eigenvalue weighted by molar-refractivity contribution is 5.90. The van der Waals surface area contributed by atoms with Gasteiger partial charge in [-0.1, -0.05) is 6.92 Å². The Kier molecular flexibility index (Phi) is 3.45. The first-order valence-electron chi connectivity index (χ1n) is 4.37. The molecule has 14 heavy (non-hydrogen) atoms. The summed E-state index contributed by atoms with van der Waals surface area (Å²) in [5.41, 5.74) is 5.53. The van der Waals surface area contributed by atoms with E-state index in [1.807, 2.05) is 6.92 Å². The van der Waals surface area contributed by atoms with Gasteiger partial charge in [-0.3, -0.25) is 0 Å². The number of nitrogen functional groups attached to an aromatic ring is 1. The van der Waals surface area contributed by atoms with Gasteiger partial charge in [0.05, 0.1) is 17.9 Å². The third-order valence-electron chi connectivity index (χ3n) is 1.67. The van der Waals surface area contributed by atoms with Crippen LogP contribution in [-0.4, -0.2) is 12.6 Å². The molecule has 1 aromatic rings. The van der Waals surface area contributed by atoms with Crippen molar-refractivity contribution in [2.45, 2.75) is 13.3 Å². The van der Waals surface area contributed by atoms with Crippen LogP contribution in [0.2, 0.25) is 0 Å². The smallest absolute Gasteiger partial charge is 0.338 e. The van der Waals surface area contributed by atoms with Crippen molar-refractivity contribution in [2.75, 3.05) is 12.3 Å². The highest BCUT2D eigenvalue weighted by Crippen LogP contribution is 2.12. The molecule has 0 aliphatic heterocycles. The first kappa shape index (κ1) is 10.5. The maximum atomic E-state index is 12.7. The molecule has 0 radical (unpaired) electrons. The van der Waals surface area contributed by atoms with Crippen LogP contribution in [0, 0.1) is 5.82 Å². The first-order valence-corrected chi connectivity index (χ1v) is 4.37. The molecule has 4 heteroatoms. The van der Waals surface area contributed by atoms with Gasteiger partial charge in [0.25, 0.3) is 0 Å². The number of hydrogen-bond acceptors (Lipinski definition) is 3. The number of esters is 1. The molecule has 0 aromatic heterocycles. The molecule has 0 spiro atoms. The van der Waals surface area contributed by atoms with Crippen molar-refractivity contribution in [2.24, 2.45) is 0 Å². The quantitative estimate of drug-likeness (QED) is 0.595. The van der Waals surface area contributed by atoms with E-state index in [-0.39, 0.29) is 11.3 Å². The third-order valence-corrected chi connectivity index (χ3v) is 1.67. The summed E-state index contributed by atoms with van der Waals surface area (Å²) in [5, 5.41) is 0. The number of carbonyl (C=O) groups is 1. The van der Waals surface area contributed by atoms with Gasteiger partial charge in [-0.05, 0) is 24.6 Å². The van der Waals surface area contributed by atoms with Crippen molar-refractivity contribution in [3.63, 3.8) is 0 Å². The molecule has 3 nitrogen and oxygen atoms in total. The average molecular weight is 197 g/mol. The summed E-state index contributed by atoms with van der Waals surface area (Å²) in [6, 6.07) is 3.77. The van der Waals surface area contributed by atoms with E-state index >= 15 is 0 Å². The van der Waals surface area contributed by atoms with E-state index in [0.29, 0.717) is 6.61 Å². The Morgan fingerprint density at radius 2 is 2.29 bits per heavy atom. The number of benzene rings is 1. The van der Waals surface area contributed by atoms with E-state index in [0.717, 1.165) is 12.5 Å². The SMILES string of the molecule is CCCOC(=O)c1ccc(F)c(N)c1. The van der Waals surface area contributed by atoms with Gasteiger partial charge in [0.1, 0.15) is 5.82 Å². The molecule has 0 atom stereocenters. The largest absolute Gasteiger partial charge is 0.462 e. The van der Waals surface area contributed by atoms with Gasteiger partial charge >= 0.3 is 5.97 Å². The van der Waals surface area contributed by atoms with Gasteiger partial charge in [-0.25, -0.2) is 9.18 Å². The van der Waals surface area contributed by atoms with Crippen LogP contribution in [0.25, 0.3) is 0 Å². The molecule has 0 unspecified atom stereocenters. The van der Waals surface area contributed by atoms with E-state index in [1.54, 1.807) is 0 Å². The van der Waals surface area contributed by atoms with Crippen molar-refractivity contribution in [3.8, 4) is 0 Å². The summed E-state index contributed by atoms with van der Waals surface area (Å²) in [4.78, 5) is 11.3. The Hall–Kier alpha value is -1.58. The molecule has 0 fully saturated rings. The Morgan fingerprint density at radius 1 is 1.57 bits per heavy atom. The second kappa shape index (κ2) is 4.60.